The van der Waals surface area contributed by atoms with Crippen molar-refractivity contribution in [2.75, 3.05) is 0 Å². The zero-order chi connectivity index (χ0) is 16.0. The molecule has 114 valence electrons. The van der Waals surface area contributed by atoms with Crippen LogP contribution in [0.4, 0.5) is 0 Å². The third-order valence-corrected chi connectivity index (χ3v) is 3.91. The van der Waals surface area contributed by atoms with Gasteiger partial charge in [-0.05, 0) is 30.4 Å². The lowest BCUT2D eigenvalue weighted by molar-refractivity contribution is -0.171. The number of carboxylic acids is 2. The Kier molecular flexibility index (Phi) is 4.94. The summed E-state index contributed by atoms with van der Waals surface area (Å²) in [6.45, 7) is 0. The van der Waals surface area contributed by atoms with Gasteiger partial charge < -0.3 is 10.2 Å². The first kappa shape index (κ1) is 15.8. The van der Waals surface area contributed by atoms with Crippen molar-refractivity contribution >= 4 is 11.9 Å². The SMILES string of the molecule is O=C(O)C1(C(=O)O)CCC1.c1ccc(-c2ccccc2)cc1. The first-order valence-corrected chi connectivity index (χ1v) is 7.13. The molecule has 0 heterocycles. The lowest BCUT2D eigenvalue weighted by atomic mass is 9.69. The van der Waals surface area contributed by atoms with Crippen LogP contribution in [-0.2, 0) is 9.59 Å². The first-order chi connectivity index (χ1) is 10.6. The summed E-state index contributed by atoms with van der Waals surface area (Å²) in [5.41, 5.74) is 1.11. The lowest BCUT2D eigenvalue weighted by Crippen LogP contribution is -2.44. The molecule has 0 radical (unpaired) electrons. The molecule has 0 atom stereocenters. The molecule has 0 spiro atoms. The Morgan fingerprint density at radius 1 is 0.727 bits per heavy atom. The van der Waals surface area contributed by atoms with Crippen molar-refractivity contribution in [3.63, 3.8) is 0 Å². The van der Waals surface area contributed by atoms with Crippen LogP contribution < -0.4 is 0 Å². The van der Waals surface area contributed by atoms with Gasteiger partial charge in [-0.1, -0.05) is 60.7 Å². The van der Waals surface area contributed by atoms with Gasteiger partial charge in [0.1, 0.15) is 0 Å². The van der Waals surface area contributed by atoms with E-state index in [-0.39, 0.29) is 12.8 Å². The molecule has 1 saturated carbocycles. The molecule has 2 aromatic rings. The highest BCUT2D eigenvalue weighted by atomic mass is 16.4. The summed E-state index contributed by atoms with van der Waals surface area (Å²) >= 11 is 0. The zero-order valence-electron chi connectivity index (χ0n) is 12.1. The molecule has 0 amide bonds. The number of carbonyl (C=O) groups is 2. The van der Waals surface area contributed by atoms with E-state index in [9.17, 15) is 9.59 Å². The van der Waals surface area contributed by atoms with Gasteiger partial charge >= 0.3 is 11.9 Å². The summed E-state index contributed by atoms with van der Waals surface area (Å²) < 4.78 is 0. The zero-order valence-corrected chi connectivity index (χ0v) is 12.1. The highest BCUT2D eigenvalue weighted by molar-refractivity contribution is 5.99. The maximum Gasteiger partial charge on any atom is 0.321 e. The molecule has 0 aromatic heterocycles. The normalized spacial score (nSPS) is 14.9. The van der Waals surface area contributed by atoms with Gasteiger partial charge in [0.15, 0.2) is 5.41 Å². The largest absolute Gasteiger partial charge is 0.480 e. The number of aliphatic carboxylic acids is 2. The Balaban J connectivity index is 0.000000164. The van der Waals surface area contributed by atoms with Crippen molar-refractivity contribution in [2.45, 2.75) is 19.3 Å². The van der Waals surface area contributed by atoms with Crippen LogP contribution in [0.1, 0.15) is 19.3 Å². The standard InChI is InChI=1S/C12H10.C6H8O4/c1-3-7-11(8-4-1)12-9-5-2-6-10-12;7-4(8)6(5(9)10)2-1-3-6/h1-10H;1-3H2,(H,7,8)(H,9,10). The molecule has 0 saturated heterocycles. The number of carboxylic acid groups (broad SMARTS) is 2. The van der Waals surface area contributed by atoms with Crippen LogP contribution in [0.5, 0.6) is 0 Å². The molecule has 2 N–H and O–H groups in total. The third-order valence-electron chi connectivity index (χ3n) is 3.91. The van der Waals surface area contributed by atoms with Crippen LogP contribution >= 0.6 is 0 Å². The van der Waals surface area contributed by atoms with Gasteiger partial charge in [0.2, 0.25) is 0 Å². The van der Waals surface area contributed by atoms with E-state index in [0.29, 0.717) is 6.42 Å². The maximum absolute atomic E-state index is 10.4. The van der Waals surface area contributed by atoms with Gasteiger partial charge in [-0.2, -0.15) is 0 Å². The fourth-order valence-corrected chi connectivity index (χ4v) is 2.31. The second kappa shape index (κ2) is 6.89. The van der Waals surface area contributed by atoms with Crippen molar-refractivity contribution in [3.05, 3.63) is 60.7 Å². The van der Waals surface area contributed by atoms with Gasteiger partial charge in [0.25, 0.3) is 0 Å². The predicted octanol–water partition coefficient (Wildman–Crippen LogP) is 3.68. The smallest absolute Gasteiger partial charge is 0.321 e. The minimum Gasteiger partial charge on any atom is -0.480 e. The molecule has 0 bridgehead atoms. The first-order valence-electron chi connectivity index (χ1n) is 7.13. The van der Waals surface area contributed by atoms with Crippen LogP contribution in [-0.4, -0.2) is 22.2 Å². The Morgan fingerprint density at radius 3 is 1.27 bits per heavy atom. The second-order valence-corrected chi connectivity index (χ2v) is 5.28. The topological polar surface area (TPSA) is 74.6 Å². The van der Waals surface area contributed by atoms with Gasteiger partial charge in [0, 0.05) is 0 Å². The predicted molar refractivity (Wildman–Crippen MR) is 83.4 cm³/mol. The van der Waals surface area contributed by atoms with Crippen molar-refractivity contribution in [2.24, 2.45) is 5.41 Å². The number of benzene rings is 2. The molecule has 2 aromatic carbocycles. The Morgan fingerprint density at radius 2 is 1.09 bits per heavy atom. The maximum atomic E-state index is 10.4. The molecular formula is C18H18O4. The average Bonchev–Trinajstić information content (AvgIpc) is 2.48. The summed E-state index contributed by atoms with van der Waals surface area (Å²) in [4.78, 5) is 20.7. The number of rotatable bonds is 3. The molecular weight excluding hydrogens is 280 g/mol. The average molecular weight is 298 g/mol. The second-order valence-electron chi connectivity index (χ2n) is 5.28. The van der Waals surface area contributed by atoms with E-state index in [2.05, 4.69) is 48.5 Å². The lowest BCUT2D eigenvalue weighted by Gasteiger charge is -2.32. The molecule has 0 aliphatic heterocycles. The molecule has 1 aliphatic rings. The quantitative estimate of drug-likeness (QED) is 0.848. The van der Waals surface area contributed by atoms with Crippen LogP contribution in [0.3, 0.4) is 0 Å². The van der Waals surface area contributed by atoms with Crippen LogP contribution in [0, 0.1) is 5.41 Å². The minimum absolute atomic E-state index is 0.275. The Labute approximate surface area is 129 Å². The number of hydrogen-bond donors (Lipinski definition) is 2. The van der Waals surface area contributed by atoms with E-state index in [0.717, 1.165) is 0 Å². The van der Waals surface area contributed by atoms with E-state index >= 15 is 0 Å². The van der Waals surface area contributed by atoms with Gasteiger partial charge in [0.05, 0.1) is 0 Å². The van der Waals surface area contributed by atoms with E-state index in [1.165, 1.54) is 11.1 Å². The molecule has 1 aliphatic carbocycles. The van der Waals surface area contributed by atoms with E-state index < -0.39 is 17.4 Å². The summed E-state index contributed by atoms with van der Waals surface area (Å²) in [5, 5.41) is 16.9. The molecule has 3 rings (SSSR count). The fourth-order valence-electron chi connectivity index (χ4n) is 2.31. The van der Waals surface area contributed by atoms with Crippen LogP contribution in [0.25, 0.3) is 11.1 Å². The highest BCUT2D eigenvalue weighted by Crippen LogP contribution is 2.41. The monoisotopic (exact) mass is 298 g/mol. The third kappa shape index (κ3) is 3.34. The van der Waals surface area contributed by atoms with Gasteiger partial charge in [-0.15, -0.1) is 0 Å². The van der Waals surface area contributed by atoms with Gasteiger partial charge in [-0.3, -0.25) is 9.59 Å². The van der Waals surface area contributed by atoms with E-state index in [4.69, 9.17) is 10.2 Å². The minimum atomic E-state index is -1.44. The van der Waals surface area contributed by atoms with Crippen molar-refractivity contribution < 1.29 is 19.8 Å². The Hall–Kier alpha value is -2.62. The van der Waals surface area contributed by atoms with Crippen LogP contribution in [0.15, 0.2) is 60.7 Å². The fraction of sp³-hybridized carbons (Fsp3) is 0.222. The molecule has 4 heteroatoms. The van der Waals surface area contributed by atoms with E-state index in [1.807, 2.05) is 12.1 Å². The summed E-state index contributed by atoms with van der Waals surface area (Å²) in [6, 6.07) is 20.8. The van der Waals surface area contributed by atoms with Crippen LogP contribution in [0.2, 0.25) is 0 Å². The summed E-state index contributed by atoms with van der Waals surface area (Å²) in [6.07, 6.45) is 1.26. The Bertz CT molecular complexity index is 577. The van der Waals surface area contributed by atoms with Crippen molar-refractivity contribution in [1.29, 1.82) is 0 Å². The number of hydrogen-bond acceptors (Lipinski definition) is 2. The molecule has 1 fully saturated rings. The van der Waals surface area contributed by atoms with E-state index in [1.54, 1.807) is 0 Å². The van der Waals surface area contributed by atoms with Crippen molar-refractivity contribution in [3.8, 4) is 11.1 Å². The van der Waals surface area contributed by atoms with Gasteiger partial charge in [-0.25, -0.2) is 0 Å². The highest BCUT2D eigenvalue weighted by Gasteiger charge is 2.51. The summed E-state index contributed by atoms with van der Waals surface area (Å²) in [5.74, 6) is -2.41. The molecule has 4 nitrogen and oxygen atoms in total. The van der Waals surface area contributed by atoms with Crippen molar-refractivity contribution in [1.82, 2.24) is 0 Å². The molecule has 0 unspecified atom stereocenters. The molecule has 22 heavy (non-hydrogen) atoms. The summed E-state index contributed by atoms with van der Waals surface area (Å²) in [7, 11) is 0.